The number of methoxy groups -OCH3 is 2. The van der Waals surface area contributed by atoms with Gasteiger partial charge in [0.15, 0.2) is 11.5 Å². The van der Waals surface area contributed by atoms with E-state index in [0.717, 1.165) is 25.2 Å². The summed E-state index contributed by atoms with van der Waals surface area (Å²) >= 11 is 0. The highest BCUT2D eigenvalue weighted by atomic mass is 16.5. The second-order valence-electron chi connectivity index (χ2n) is 5.92. The lowest BCUT2D eigenvalue weighted by Gasteiger charge is -2.33. The summed E-state index contributed by atoms with van der Waals surface area (Å²) < 4.78 is 10.5. The molecule has 7 nitrogen and oxygen atoms in total. The van der Waals surface area contributed by atoms with Crippen LogP contribution in [0.2, 0.25) is 0 Å². The maximum atomic E-state index is 12.2. The van der Waals surface area contributed by atoms with Crippen molar-refractivity contribution in [2.45, 2.75) is 13.3 Å². The average molecular weight is 349 g/mol. The summed E-state index contributed by atoms with van der Waals surface area (Å²) in [5, 5.41) is 2.70. The molecule has 1 heterocycles. The normalized spacial score (nSPS) is 14.9. The molecule has 0 aromatic heterocycles. The fourth-order valence-corrected chi connectivity index (χ4v) is 2.84. The average Bonchev–Trinajstić information content (AvgIpc) is 2.67. The minimum Gasteiger partial charge on any atom is -0.493 e. The van der Waals surface area contributed by atoms with Crippen LogP contribution >= 0.6 is 0 Å². The van der Waals surface area contributed by atoms with Gasteiger partial charge in [-0.15, -0.1) is 0 Å². The standard InChI is InChI=1S/C18H27N3O4/c1-4-20-9-11-21(12-10-20)18(23)17(22)19-8-7-14-5-6-15(24-2)16(13-14)25-3/h5-6,13H,4,7-12H2,1-3H3,(H,19,22). The van der Waals surface area contributed by atoms with Gasteiger partial charge in [-0.2, -0.15) is 0 Å². The van der Waals surface area contributed by atoms with E-state index >= 15 is 0 Å². The number of ether oxygens (including phenoxy) is 2. The number of hydrogen-bond acceptors (Lipinski definition) is 5. The lowest BCUT2D eigenvalue weighted by molar-refractivity contribution is -0.146. The van der Waals surface area contributed by atoms with Crippen molar-refractivity contribution in [2.75, 3.05) is 53.5 Å². The third-order valence-corrected chi connectivity index (χ3v) is 4.45. The molecule has 0 saturated carbocycles. The van der Waals surface area contributed by atoms with Crippen LogP contribution in [0.25, 0.3) is 0 Å². The number of carbonyl (C=O) groups excluding carboxylic acids is 2. The molecule has 0 bridgehead atoms. The van der Waals surface area contributed by atoms with Gasteiger partial charge in [0.2, 0.25) is 0 Å². The molecule has 1 saturated heterocycles. The first-order chi connectivity index (χ1) is 12.1. The number of carbonyl (C=O) groups is 2. The molecule has 138 valence electrons. The zero-order valence-corrected chi connectivity index (χ0v) is 15.2. The summed E-state index contributed by atoms with van der Waals surface area (Å²) in [6, 6.07) is 5.62. The SMILES string of the molecule is CCN1CCN(C(=O)C(=O)NCCc2ccc(OC)c(OC)c2)CC1. The minimum absolute atomic E-state index is 0.398. The predicted molar refractivity (Wildman–Crippen MR) is 95.0 cm³/mol. The number of amides is 2. The van der Waals surface area contributed by atoms with Gasteiger partial charge in [0.25, 0.3) is 0 Å². The lowest BCUT2D eigenvalue weighted by atomic mass is 10.1. The van der Waals surface area contributed by atoms with E-state index < -0.39 is 11.8 Å². The predicted octanol–water partition coefficient (Wildman–Crippen LogP) is 0.527. The largest absolute Gasteiger partial charge is 0.493 e. The molecule has 0 unspecified atom stereocenters. The maximum absolute atomic E-state index is 12.2. The Balaban J connectivity index is 1.79. The number of nitrogens with one attached hydrogen (secondary N) is 1. The molecule has 7 heteroatoms. The smallest absolute Gasteiger partial charge is 0.311 e. The minimum atomic E-state index is -0.537. The Hall–Kier alpha value is -2.28. The Morgan fingerprint density at radius 3 is 2.36 bits per heavy atom. The van der Waals surface area contributed by atoms with E-state index in [1.54, 1.807) is 19.1 Å². The van der Waals surface area contributed by atoms with Crippen LogP contribution in [0.4, 0.5) is 0 Å². The second kappa shape index (κ2) is 9.27. The molecular weight excluding hydrogens is 322 g/mol. The number of benzene rings is 1. The van der Waals surface area contributed by atoms with E-state index in [0.29, 0.717) is 37.6 Å². The Morgan fingerprint density at radius 2 is 1.76 bits per heavy atom. The van der Waals surface area contributed by atoms with Crippen LogP contribution < -0.4 is 14.8 Å². The summed E-state index contributed by atoms with van der Waals surface area (Å²) in [4.78, 5) is 28.1. The van der Waals surface area contributed by atoms with E-state index in [1.807, 2.05) is 18.2 Å². The van der Waals surface area contributed by atoms with Crippen molar-refractivity contribution in [1.82, 2.24) is 15.1 Å². The van der Waals surface area contributed by atoms with Gasteiger partial charge in [-0.1, -0.05) is 13.0 Å². The van der Waals surface area contributed by atoms with Crippen LogP contribution in [-0.4, -0.2) is 75.1 Å². The van der Waals surface area contributed by atoms with Crippen molar-refractivity contribution < 1.29 is 19.1 Å². The maximum Gasteiger partial charge on any atom is 0.311 e. The molecule has 2 rings (SSSR count). The van der Waals surface area contributed by atoms with Crippen molar-refractivity contribution in [3.63, 3.8) is 0 Å². The first-order valence-electron chi connectivity index (χ1n) is 8.59. The number of nitrogens with zero attached hydrogens (tertiary/aromatic N) is 2. The first-order valence-corrected chi connectivity index (χ1v) is 8.59. The van der Waals surface area contributed by atoms with Gasteiger partial charge in [-0.25, -0.2) is 0 Å². The molecule has 0 spiro atoms. The topological polar surface area (TPSA) is 71.1 Å². The van der Waals surface area contributed by atoms with E-state index in [9.17, 15) is 9.59 Å². The van der Waals surface area contributed by atoms with E-state index in [-0.39, 0.29) is 0 Å². The highest BCUT2D eigenvalue weighted by Crippen LogP contribution is 2.27. The number of likely N-dealkylation sites (N-methyl/N-ethyl adjacent to an activating group) is 1. The van der Waals surface area contributed by atoms with E-state index in [2.05, 4.69) is 17.1 Å². The fourth-order valence-electron chi connectivity index (χ4n) is 2.84. The molecule has 0 atom stereocenters. The summed E-state index contributed by atoms with van der Waals surface area (Å²) in [6.07, 6.45) is 0.614. The molecule has 1 N–H and O–H groups in total. The summed E-state index contributed by atoms with van der Waals surface area (Å²) in [5.74, 6) is 0.335. The monoisotopic (exact) mass is 349 g/mol. The van der Waals surface area contributed by atoms with Crippen LogP contribution in [0.5, 0.6) is 11.5 Å². The van der Waals surface area contributed by atoms with Gasteiger partial charge >= 0.3 is 11.8 Å². The zero-order valence-electron chi connectivity index (χ0n) is 15.2. The van der Waals surface area contributed by atoms with Gasteiger partial charge in [-0.3, -0.25) is 9.59 Å². The van der Waals surface area contributed by atoms with Gasteiger partial charge in [0.05, 0.1) is 14.2 Å². The van der Waals surface area contributed by atoms with Crippen LogP contribution in [0.15, 0.2) is 18.2 Å². The molecule has 0 aliphatic carbocycles. The Labute approximate surface area is 148 Å². The highest BCUT2D eigenvalue weighted by Gasteiger charge is 2.25. The molecule has 0 radical (unpaired) electrons. The Bertz CT molecular complexity index is 598. The number of rotatable bonds is 6. The molecule has 1 aliphatic rings. The zero-order chi connectivity index (χ0) is 18.2. The number of piperazine rings is 1. The number of hydrogen-bond donors (Lipinski definition) is 1. The lowest BCUT2D eigenvalue weighted by Crippen LogP contribution is -2.52. The Morgan fingerprint density at radius 1 is 1.08 bits per heavy atom. The molecule has 1 fully saturated rings. The third-order valence-electron chi connectivity index (χ3n) is 4.45. The molecule has 1 aromatic rings. The molecular formula is C18H27N3O4. The van der Waals surface area contributed by atoms with Crippen LogP contribution in [0.1, 0.15) is 12.5 Å². The summed E-state index contributed by atoms with van der Waals surface area (Å²) in [7, 11) is 3.17. The van der Waals surface area contributed by atoms with Crippen LogP contribution in [0.3, 0.4) is 0 Å². The Kier molecular flexibility index (Phi) is 7.06. The summed E-state index contributed by atoms with van der Waals surface area (Å²) in [5.41, 5.74) is 1.00. The van der Waals surface area contributed by atoms with Crippen molar-refractivity contribution in [2.24, 2.45) is 0 Å². The molecule has 1 aliphatic heterocycles. The van der Waals surface area contributed by atoms with Crippen molar-refractivity contribution in [3.05, 3.63) is 23.8 Å². The first kappa shape index (κ1) is 19.1. The second-order valence-corrected chi connectivity index (χ2v) is 5.92. The van der Waals surface area contributed by atoms with Crippen LogP contribution in [0, 0.1) is 0 Å². The van der Waals surface area contributed by atoms with Gasteiger partial charge in [0, 0.05) is 32.7 Å². The summed E-state index contributed by atoms with van der Waals surface area (Å²) in [6.45, 7) is 6.32. The van der Waals surface area contributed by atoms with Crippen molar-refractivity contribution in [1.29, 1.82) is 0 Å². The highest BCUT2D eigenvalue weighted by molar-refractivity contribution is 6.35. The fraction of sp³-hybridized carbons (Fsp3) is 0.556. The van der Waals surface area contributed by atoms with Crippen molar-refractivity contribution in [3.8, 4) is 11.5 Å². The molecule has 25 heavy (non-hydrogen) atoms. The molecule has 2 amide bonds. The van der Waals surface area contributed by atoms with Crippen LogP contribution in [-0.2, 0) is 16.0 Å². The van der Waals surface area contributed by atoms with Crippen molar-refractivity contribution >= 4 is 11.8 Å². The third kappa shape index (κ3) is 5.09. The quantitative estimate of drug-likeness (QED) is 0.759. The molecule has 1 aromatic carbocycles. The van der Waals surface area contributed by atoms with Gasteiger partial charge in [0.1, 0.15) is 0 Å². The van der Waals surface area contributed by atoms with Gasteiger partial charge in [-0.05, 0) is 30.7 Å². The van der Waals surface area contributed by atoms with Gasteiger partial charge < -0.3 is 24.6 Å². The van der Waals surface area contributed by atoms with E-state index in [4.69, 9.17) is 9.47 Å². The van der Waals surface area contributed by atoms with E-state index in [1.165, 1.54) is 0 Å².